The van der Waals surface area contributed by atoms with Crippen molar-refractivity contribution in [3.8, 4) is 5.75 Å². The average molecular weight is 307 g/mol. The summed E-state index contributed by atoms with van der Waals surface area (Å²) in [6.45, 7) is 2.03. The monoisotopic (exact) mass is 307 g/mol. The van der Waals surface area contributed by atoms with Crippen molar-refractivity contribution in [2.75, 3.05) is 16.9 Å². The molecule has 1 heterocycles. The summed E-state index contributed by atoms with van der Waals surface area (Å²) in [7, 11) is 0. The van der Waals surface area contributed by atoms with Crippen LogP contribution in [0, 0.1) is 0 Å². The minimum absolute atomic E-state index is 0.103. The van der Waals surface area contributed by atoms with Crippen LogP contribution < -0.4 is 11.2 Å². The largest absolute Gasteiger partial charge is 0.508 e. The Morgan fingerprint density at radius 3 is 3.00 bits per heavy atom. The number of thioether (sulfide) groups is 1. The van der Waals surface area contributed by atoms with Gasteiger partial charge in [0.05, 0.1) is 5.75 Å². The van der Waals surface area contributed by atoms with Crippen molar-refractivity contribution in [3.05, 3.63) is 30.1 Å². The van der Waals surface area contributed by atoms with E-state index in [0.717, 1.165) is 12.8 Å². The fourth-order valence-electron chi connectivity index (χ4n) is 1.71. The van der Waals surface area contributed by atoms with Gasteiger partial charge < -0.3 is 16.3 Å². The standard InChI is InChI=1S/C13H17N5O2S/c1-2-4-11-16-17-13(18(11)14)21-8-12(20)15-9-5-3-6-10(19)7-9/h3,5-7,19H,2,4,8,14H2,1H3,(H,15,20). The minimum Gasteiger partial charge on any atom is -0.508 e. The van der Waals surface area contributed by atoms with Gasteiger partial charge in [0.1, 0.15) is 5.75 Å². The van der Waals surface area contributed by atoms with E-state index in [2.05, 4.69) is 15.5 Å². The Kier molecular flexibility index (Phi) is 5.04. The Hall–Kier alpha value is -2.22. The second-order valence-electron chi connectivity index (χ2n) is 4.41. The molecule has 0 fully saturated rings. The van der Waals surface area contributed by atoms with Gasteiger partial charge in [0.15, 0.2) is 5.82 Å². The SMILES string of the molecule is CCCc1nnc(SCC(=O)Nc2cccc(O)c2)n1N. The van der Waals surface area contributed by atoms with E-state index in [1.165, 1.54) is 28.6 Å². The molecule has 0 atom stereocenters. The second kappa shape index (κ2) is 6.98. The maximum Gasteiger partial charge on any atom is 0.234 e. The molecule has 1 amide bonds. The Morgan fingerprint density at radius 2 is 2.29 bits per heavy atom. The molecule has 7 nitrogen and oxygen atoms in total. The quantitative estimate of drug-likeness (QED) is 0.550. The van der Waals surface area contributed by atoms with E-state index in [-0.39, 0.29) is 17.4 Å². The number of anilines is 1. The molecule has 0 aliphatic heterocycles. The molecule has 0 aliphatic carbocycles. The van der Waals surface area contributed by atoms with Crippen molar-refractivity contribution in [2.45, 2.75) is 24.9 Å². The van der Waals surface area contributed by atoms with Gasteiger partial charge in [0, 0.05) is 18.2 Å². The van der Waals surface area contributed by atoms with Crippen LogP contribution in [0.15, 0.2) is 29.4 Å². The van der Waals surface area contributed by atoms with Gasteiger partial charge in [-0.2, -0.15) is 0 Å². The Labute approximate surface area is 126 Å². The topological polar surface area (TPSA) is 106 Å². The zero-order valence-electron chi connectivity index (χ0n) is 11.6. The normalized spacial score (nSPS) is 10.5. The molecule has 1 aromatic carbocycles. The van der Waals surface area contributed by atoms with Gasteiger partial charge in [0.2, 0.25) is 11.1 Å². The van der Waals surface area contributed by atoms with Crippen LogP contribution in [0.2, 0.25) is 0 Å². The van der Waals surface area contributed by atoms with Crippen LogP contribution in [0.3, 0.4) is 0 Å². The highest BCUT2D eigenvalue weighted by atomic mass is 32.2. The third-order valence-corrected chi connectivity index (χ3v) is 3.61. The number of phenolic OH excluding ortho intramolecular Hbond substituents is 1. The molecule has 21 heavy (non-hydrogen) atoms. The average Bonchev–Trinajstić information content (AvgIpc) is 2.78. The number of nitrogens with zero attached hydrogens (tertiary/aromatic N) is 3. The van der Waals surface area contributed by atoms with Gasteiger partial charge >= 0.3 is 0 Å². The van der Waals surface area contributed by atoms with Crippen molar-refractivity contribution in [3.63, 3.8) is 0 Å². The Balaban J connectivity index is 1.89. The third-order valence-electron chi connectivity index (χ3n) is 2.67. The maximum absolute atomic E-state index is 11.8. The second-order valence-corrected chi connectivity index (χ2v) is 5.35. The van der Waals surface area contributed by atoms with E-state index in [1.54, 1.807) is 12.1 Å². The Morgan fingerprint density at radius 1 is 1.48 bits per heavy atom. The molecule has 8 heteroatoms. The maximum atomic E-state index is 11.8. The lowest BCUT2D eigenvalue weighted by Gasteiger charge is -2.05. The molecule has 0 saturated carbocycles. The van der Waals surface area contributed by atoms with Crippen LogP contribution in [-0.4, -0.2) is 31.6 Å². The number of aromatic nitrogens is 3. The number of phenols is 1. The first-order valence-corrected chi connectivity index (χ1v) is 7.49. The molecule has 0 spiro atoms. The predicted octanol–water partition coefficient (Wildman–Crippen LogP) is 1.38. The molecule has 0 aliphatic rings. The third kappa shape index (κ3) is 4.12. The summed E-state index contributed by atoms with van der Waals surface area (Å²) in [5, 5.41) is 20.5. The molecule has 0 radical (unpaired) electrons. The Bertz CT molecular complexity index is 629. The van der Waals surface area contributed by atoms with Crippen LogP contribution in [0.25, 0.3) is 0 Å². The molecule has 0 bridgehead atoms. The highest BCUT2D eigenvalue weighted by molar-refractivity contribution is 7.99. The summed E-state index contributed by atoms with van der Waals surface area (Å²) in [6.07, 6.45) is 1.68. The van der Waals surface area contributed by atoms with E-state index in [9.17, 15) is 9.90 Å². The van der Waals surface area contributed by atoms with E-state index in [0.29, 0.717) is 16.7 Å². The van der Waals surface area contributed by atoms with Crippen LogP contribution in [-0.2, 0) is 11.2 Å². The number of aromatic hydroxyl groups is 1. The number of carbonyl (C=O) groups excluding carboxylic acids is 1. The highest BCUT2D eigenvalue weighted by Crippen LogP contribution is 2.18. The molecule has 0 saturated heterocycles. The molecule has 112 valence electrons. The van der Waals surface area contributed by atoms with Crippen molar-refractivity contribution >= 4 is 23.4 Å². The number of hydrogen-bond donors (Lipinski definition) is 3. The first kappa shape index (κ1) is 15.2. The zero-order chi connectivity index (χ0) is 15.2. The number of carbonyl (C=O) groups is 1. The van der Waals surface area contributed by atoms with Gasteiger partial charge in [-0.1, -0.05) is 24.8 Å². The molecule has 0 unspecified atom stereocenters. The van der Waals surface area contributed by atoms with E-state index in [4.69, 9.17) is 5.84 Å². The summed E-state index contributed by atoms with van der Waals surface area (Å²) in [4.78, 5) is 11.8. The number of aryl methyl sites for hydroxylation is 1. The molecule has 4 N–H and O–H groups in total. The van der Waals surface area contributed by atoms with Crippen LogP contribution >= 0.6 is 11.8 Å². The summed E-state index contributed by atoms with van der Waals surface area (Å²) in [5.74, 6) is 6.62. The van der Waals surface area contributed by atoms with Gasteiger partial charge in [-0.25, -0.2) is 4.68 Å². The van der Waals surface area contributed by atoms with Gasteiger partial charge in [-0.15, -0.1) is 10.2 Å². The van der Waals surface area contributed by atoms with Crippen LogP contribution in [0.5, 0.6) is 5.75 Å². The van der Waals surface area contributed by atoms with E-state index >= 15 is 0 Å². The number of nitrogen functional groups attached to an aromatic ring is 1. The number of rotatable bonds is 6. The van der Waals surface area contributed by atoms with Crippen molar-refractivity contribution in [2.24, 2.45) is 0 Å². The summed E-state index contributed by atoms with van der Waals surface area (Å²) in [6, 6.07) is 6.38. The fraction of sp³-hybridized carbons (Fsp3) is 0.308. The van der Waals surface area contributed by atoms with Crippen molar-refractivity contribution < 1.29 is 9.90 Å². The number of hydrogen-bond acceptors (Lipinski definition) is 6. The minimum atomic E-state index is -0.203. The molecular weight excluding hydrogens is 290 g/mol. The zero-order valence-corrected chi connectivity index (χ0v) is 12.4. The first-order valence-electron chi connectivity index (χ1n) is 6.51. The van der Waals surface area contributed by atoms with Gasteiger partial charge in [0.25, 0.3) is 0 Å². The van der Waals surface area contributed by atoms with Crippen LogP contribution in [0.1, 0.15) is 19.2 Å². The predicted molar refractivity (Wildman–Crippen MR) is 81.6 cm³/mol. The lowest BCUT2D eigenvalue weighted by molar-refractivity contribution is -0.113. The van der Waals surface area contributed by atoms with Crippen LogP contribution in [0.4, 0.5) is 5.69 Å². The molecule has 1 aromatic heterocycles. The number of amides is 1. The first-order chi connectivity index (χ1) is 10.1. The van der Waals surface area contributed by atoms with Crippen molar-refractivity contribution in [1.82, 2.24) is 14.9 Å². The summed E-state index contributed by atoms with van der Waals surface area (Å²) >= 11 is 1.22. The highest BCUT2D eigenvalue weighted by Gasteiger charge is 2.11. The number of nitrogens with two attached hydrogens (primary N) is 1. The fourth-order valence-corrected chi connectivity index (χ4v) is 2.39. The molecule has 2 rings (SSSR count). The number of benzene rings is 1. The van der Waals surface area contributed by atoms with E-state index < -0.39 is 0 Å². The molecular formula is C13H17N5O2S. The van der Waals surface area contributed by atoms with Gasteiger partial charge in [-0.3, -0.25) is 4.79 Å². The summed E-state index contributed by atoms with van der Waals surface area (Å²) in [5.41, 5.74) is 0.543. The van der Waals surface area contributed by atoms with Gasteiger partial charge in [-0.05, 0) is 18.6 Å². The van der Waals surface area contributed by atoms with E-state index in [1.807, 2.05) is 6.92 Å². The molecule has 2 aromatic rings. The number of nitrogens with one attached hydrogen (secondary N) is 1. The smallest absolute Gasteiger partial charge is 0.234 e. The summed E-state index contributed by atoms with van der Waals surface area (Å²) < 4.78 is 1.41. The lowest BCUT2D eigenvalue weighted by Crippen LogP contribution is -2.17. The van der Waals surface area contributed by atoms with Crippen molar-refractivity contribution in [1.29, 1.82) is 0 Å². The lowest BCUT2D eigenvalue weighted by atomic mass is 10.3.